The van der Waals surface area contributed by atoms with Gasteiger partial charge in [0.25, 0.3) is 6.71 Å². The Bertz CT molecular complexity index is 1500. The molecule has 3 heteroatoms. The standard InChI is InChI=1S/C32H27BO2/c1-4-6-14-22(5-2)24-20-25(23-15-8-7-13-21(23)3)32-30-31(24)34-28-18-11-9-16-26(28)33(30)27-17-10-12-19-29(27)35-32/h5-20H,4H2,1-3H3/b14-6-,22-5+. The molecule has 0 saturated heterocycles. The normalized spacial score (nSPS) is 13.6. The molecule has 0 spiro atoms. The number of fused-ring (bicyclic) bond motifs is 4. The van der Waals surface area contributed by atoms with Crippen LogP contribution in [0.1, 0.15) is 31.4 Å². The minimum absolute atomic E-state index is 0.0471. The maximum Gasteiger partial charge on any atom is 0.260 e. The van der Waals surface area contributed by atoms with Crippen LogP contribution in [0.4, 0.5) is 0 Å². The number of hydrogen-bond donors (Lipinski definition) is 0. The van der Waals surface area contributed by atoms with Crippen molar-refractivity contribution < 1.29 is 9.47 Å². The van der Waals surface area contributed by atoms with E-state index in [0.29, 0.717) is 0 Å². The van der Waals surface area contributed by atoms with Gasteiger partial charge in [0.2, 0.25) is 0 Å². The Morgan fingerprint density at radius 2 is 1.43 bits per heavy atom. The fraction of sp³-hybridized carbons (Fsp3) is 0.125. The van der Waals surface area contributed by atoms with E-state index in [4.69, 9.17) is 9.47 Å². The highest BCUT2D eigenvalue weighted by Gasteiger charge is 2.42. The van der Waals surface area contributed by atoms with Crippen molar-refractivity contribution in [3.63, 3.8) is 0 Å². The Morgan fingerprint density at radius 3 is 2.09 bits per heavy atom. The summed E-state index contributed by atoms with van der Waals surface area (Å²) in [7, 11) is 0. The van der Waals surface area contributed by atoms with Crippen molar-refractivity contribution in [1.29, 1.82) is 0 Å². The predicted molar refractivity (Wildman–Crippen MR) is 147 cm³/mol. The lowest BCUT2D eigenvalue weighted by molar-refractivity contribution is 0.464. The molecule has 0 aromatic heterocycles. The second-order valence-electron chi connectivity index (χ2n) is 9.13. The topological polar surface area (TPSA) is 18.5 Å². The van der Waals surface area contributed by atoms with Crippen molar-refractivity contribution >= 4 is 28.7 Å². The van der Waals surface area contributed by atoms with E-state index in [2.05, 4.69) is 106 Å². The third-order valence-electron chi connectivity index (χ3n) is 7.03. The van der Waals surface area contributed by atoms with Gasteiger partial charge < -0.3 is 9.47 Å². The van der Waals surface area contributed by atoms with Crippen LogP contribution in [0.25, 0.3) is 16.7 Å². The molecule has 4 aromatic carbocycles. The van der Waals surface area contributed by atoms with Crippen LogP contribution in [0.15, 0.2) is 97.1 Å². The van der Waals surface area contributed by atoms with Crippen molar-refractivity contribution in [3.05, 3.63) is 108 Å². The molecule has 2 nitrogen and oxygen atoms in total. The quantitative estimate of drug-likeness (QED) is 0.217. The SMILES string of the molecule is C/C=C(\C=C/CC)c1cc(-c2ccccc2C)c2c3c1Oc1ccccc1B3c1ccccc1O2. The first-order chi connectivity index (χ1) is 17.2. The first-order valence-electron chi connectivity index (χ1n) is 12.3. The number of hydrogen-bond acceptors (Lipinski definition) is 2. The van der Waals surface area contributed by atoms with Crippen LogP contribution >= 0.6 is 0 Å². The number of ether oxygens (including phenoxy) is 2. The third kappa shape index (κ3) is 3.42. The highest BCUT2D eigenvalue weighted by Crippen LogP contribution is 2.45. The summed E-state index contributed by atoms with van der Waals surface area (Å²) in [6.45, 7) is 6.46. The second kappa shape index (κ2) is 8.67. The Hall–Kier alpha value is -3.98. The maximum absolute atomic E-state index is 6.71. The van der Waals surface area contributed by atoms with Crippen LogP contribution in [0, 0.1) is 6.92 Å². The molecule has 0 fully saturated rings. The molecule has 35 heavy (non-hydrogen) atoms. The van der Waals surface area contributed by atoms with Gasteiger partial charge in [0.05, 0.1) is 0 Å². The highest BCUT2D eigenvalue weighted by molar-refractivity contribution is 6.98. The highest BCUT2D eigenvalue weighted by atomic mass is 16.5. The summed E-state index contributed by atoms with van der Waals surface area (Å²) in [6, 6.07) is 27.6. The van der Waals surface area contributed by atoms with Gasteiger partial charge in [-0.3, -0.25) is 0 Å². The lowest BCUT2D eigenvalue weighted by Crippen LogP contribution is -2.57. The summed E-state index contributed by atoms with van der Waals surface area (Å²) in [5.41, 5.74) is 9.21. The van der Waals surface area contributed by atoms with E-state index in [-0.39, 0.29) is 6.71 Å². The van der Waals surface area contributed by atoms with Crippen LogP contribution in [-0.2, 0) is 0 Å². The molecule has 6 rings (SSSR count). The monoisotopic (exact) mass is 454 g/mol. The second-order valence-corrected chi connectivity index (χ2v) is 9.13. The van der Waals surface area contributed by atoms with E-state index < -0.39 is 0 Å². The lowest BCUT2D eigenvalue weighted by Gasteiger charge is -2.35. The van der Waals surface area contributed by atoms with Crippen LogP contribution in [0.3, 0.4) is 0 Å². The van der Waals surface area contributed by atoms with Crippen LogP contribution < -0.4 is 25.9 Å². The molecule has 0 unspecified atom stereocenters. The van der Waals surface area contributed by atoms with Crippen molar-refractivity contribution in [2.75, 3.05) is 0 Å². The van der Waals surface area contributed by atoms with Crippen LogP contribution in [0.2, 0.25) is 0 Å². The summed E-state index contributed by atoms with van der Waals surface area (Å²) in [4.78, 5) is 0. The van der Waals surface area contributed by atoms with Gasteiger partial charge in [-0.15, -0.1) is 0 Å². The van der Waals surface area contributed by atoms with Gasteiger partial charge in [-0.25, -0.2) is 0 Å². The molecule has 0 amide bonds. The van der Waals surface area contributed by atoms with Gasteiger partial charge >= 0.3 is 0 Å². The maximum atomic E-state index is 6.71. The zero-order valence-electron chi connectivity index (χ0n) is 20.3. The van der Waals surface area contributed by atoms with Gasteiger partial charge in [0.1, 0.15) is 23.0 Å². The lowest BCUT2D eigenvalue weighted by atomic mass is 9.34. The Balaban J connectivity index is 1.73. The van der Waals surface area contributed by atoms with Gasteiger partial charge in [-0.1, -0.05) is 85.8 Å². The zero-order valence-corrected chi connectivity index (χ0v) is 20.3. The molecule has 4 aromatic rings. The van der Waals surface area contributed by atoms with Gasteiger partial charge in [0, 0.05) is 16.6 Å². The van der Waals surface area contributed by atoms with E-state index in [1.807, 2.05) is 12.1 Å². The number of aryl methyl sites for hydroxylation is 1. The summed E-state index contributed by atoms with van der Waals surface area (Å²) >= 11 is 0. The molecule has 2 heterocycles. The molecule has 2 aliphatic heterocycles. The smallest absolute Gasteiger partial charge is 0.260 e. The number of allylic oxidation sites excluding steroid dienone is 4. The summed E-state index contributed by atoms with van der Waals surface area (Å²) in [5, 5.41) is 0. The van der Waals surface area contributed by atoms with Gasteiger partial charge in [-0.05, 0) is 66.1 Å². The Labute approximate surface area is 207 Å². The predicted octanol–water partition coefficient (Wildman–Crippen LogP) is 6.76. The molecule has 0 radical (unpaired) electrons. The van der Waals surface area contributed by atoms with E-state index in [1.165, 1.54) is 22.1 Å². The van der Waals surface area contributed by atoms with Crippen molar-refractivity contribution in [2.45, 2.75) is 27.2 Å². The fourth-order valence-corrected chi connectivity index (χ4v) is 5.35. The van der Waals surface area contributed by atoms with Crippen LogP contribution in [0.5, 0.6) is 23.0 Å². The summed E-state index contributed by atoms with van der Waals surface area (Å²) < 4.78 is 13.4. The minimum atomic E-state index is 0.0471. The van der Waals surface area contributed by atoms with Crippen LogP contribution in [-0.4, -0.2) is 6.71 Å². The Morgan fingerprint density at radius 1 is 0.800 bits per heavy atom. The van der Waals surface area contributed by atoms with E-state index in [9.17, 15) is 0 Å². The van der Waals surface area contributed by atoms with Crippen molar-refractivity contribution in [1.82, 2.24) is 0 Å². The zero-order chi connectivity index (χ0) is 23.9. The molecule has 2 aliphatic rings. The molecule has 170 valence electrons. The third-order valence-corrected chi connectivity index (χ3v) is 7.03. The molecule has 0 saturated carbocycles. The number of rotatable bonds is 4. The Kier molecular flexibility index (Phi) is 5.34. The minimum Gasteiger partial charge on any atom is -0.458 e. The van der Waals surface area contributed by atoms with Crippen molar-refractivity contribution in [2.24, 2.45) is 0 Å². The van der Waals surface area contributed by atoms with Gasteiger partial charge in [-0.2, -0.15) is 0 Å². The molecule has 0 bridgehead atoms. The van der Waals surface area contributed by atoms with E-state index in [1.54, 1.807) is 0 Å². The fourth-order valence-electron chi connectivity index (χ4n) is 5.35. The average Bonchev–Trinajstić information content (AvgIpc) is 2.90. The van der Waals surface area contributed by atoms with Gasteiger partial charge in [0.15, 0.2) is 0 Å². The van der Waals surface area contributed by atoms with E-state index in [0.717, 1.165) is 51.6 Å². The number of benzene rings is 4. The molecule has 0 aliphatic carbocycles. The van der Waals surface area contributed by atoms with Crippen molar-refractivity contribution in [3.8, 4) is 34.1 Å². The molecule has 0 N–H and O–H groups in total. The summed E-state index contributed by atoms with van der Waals surface area (Å²) in [6.07, 6.45) is 7.55. The number of para-hydroxylation sites is 2. The average molecular weight is 454 g/mol. The molecular weight excluding hydrogens is 427 g/mol. The molecular formula is C32H27BO2. The first kappa shape index (κ1) is 21.6. The van der Waals surface area contributed by atoms with E-state index >= 15 is 0 Å². The molecule has 0 atom stereocenters. The first-order valence-corrected chi connectivity index (χ1v) is 12.3. The largest absolute Gasteiger partial charge is 0.458 e. The summed E-state index contributed by atoms with van der Waals surface area (Å²) in [5.74, 6) is 3.61.